The Labute approximate surface area is 154 Å². The molecule has 5 nitrogen and oxygen atoms in total. The highest BCUT2D eigenvalue weighted by Crippen LogP contribution is 2.35. The van der Waals surface area contributed by atoms with E-state index in [9.17, 15) is 21.6 Å². The summed E-state index contributed by atoms with van der Waals surface area (Å²) >= 11 is 0. The van der Waals surface area contributed by atoms with Crippen LogP contribution in [0.1, 0.15) is 16.8 Å². The minimum Gasteiger partial charge on any atom is -0.279 e. The first-order chi connectivity index (χ1) is 12.7. The number of nitrogens with zero attached hydrogens (tertiary/aromatic N) is 2. The second-order valence-corrected chi connectivity index (χ2v) is 7.56. The number of rotatable bonds is 5. The smallest absolute Gasteiger partial charge is 0.279 e. The molecule has 1 N–H and O–H groups in total. The number of hydrogen-bond acceptors (Lipinski definition) is 3. The molecule has 0 unspecified atom stereocenters. The lowest BCUT2D eigenvalue weighted by molar-refractivity contribution is -0.136. The predicted molar refractivity (Wildman–Crippen MR) is 94.8 cm³/mol. The van der Waals surface area contributed by atoms with Crippen molar-refractivity contribution in [3.8, 4) is 0 Å². The van der Waals surface area contributed by atoms with Crippen molar-refractivity contribution in [1.82, 2.24) is 9.78 Å². The van der Waals surface area contributed by atoms with Gasteiger partial charge in [-0.15, -0.1) is 0 Å². The van der Waals surface area contributed by atoms with Crippen LogP contribution >= 0.6 is 0 Å². The Morgan fingerprint density at radius 2 is 1.67 bits per heavy atom. The van der Waals surface area contributed by atoms with Gasteiger partial charge in [0.15, 0.2) is 0 Å². The molecule has 0 amide bonds. The number of aryl methyl sites for hydroxylation is 1. The van der Waals surface area contributed by atoms with Crippen molar-refractivity contribution in [1.29, 1.82) is 0 Å². The van der Waals surface area contributed by atoms with E-state index >= 15 is 0 Å². The second kappa shape index (κ2) is 7.07. The maximum atomic E-state index is 13.1. The summed E-state index contributed by atoms with van der Waals surface area (Å²) in [4.78, 5) is -0.171. The molecule has 0 aliphatic carbocycles. The van der Waals surface area contributed by atoms with Crippen LogP contribution in [0.3, 0.4) is 0 Å². The molecule has 3 aromatic rings. The van der Waals surface area contributed by atoms with Gasteiger partial charge in [-0.25, -0.2) is 8.42 Å². The number of para-hydroxylation sites is 1. The average Bonchev–Trinajstić information content (AvgIpc) is 2.96. The molecule has 0 saturated carbocycles. The van der Waals surface area contributed by atoms with Gasteiger partial charge in [0.2, 0.25) is 0 Å². The lowest BCUT2D eigenvalue weighted by Crippen LogP contribution is -2.17. The van der Waals surface area contributed by atoms with Gasteiger partial charge in [0.25, 0.3) is 10.0 Å². The van der Waals surface area contributed by atoms with Crippen molar-refractivity contribution in [2.24, 2.45) is 0 Å². The molecular formula is C18H16F3N3O2S. The molecule has 2 aromatic carbocycles. The number of alkyl halides is 3. The Bertz CT molecular complexity index is 1050. The Morgan fingerprint density at radius 1 is 1.04 bits per heavy atom. The first-order valence-electron chi connectivity index (χ1n) is 7.94. The third kappa shape index (κ3) is 4.30. The SMILES string of the molecule is Cc1nn(Cc2ccccc2)cc1S(=O)(=O)Nc1ccccc1C(F)(F)F. The van der Waals surface area contributed by atoms with Crippen molar-refractivity contribution >= 4 is 15.7 Å². The van der Waals surface area contributed by atoms with Crippen molar-refractivity contribution in [2.75, 3.05) is 4.72 Å². The third-order valence-corrected chi connectivity index (χ3v) is 5.32. The van der Waals surface area contributed by atoms with E-state index in [2.05, 4.69) is 5.10 Å². The van der Waals surface area contributed by atoms with Gasteiger partial charge in [0, 0.05) is 6.20 Å². The summed E-state index contributed by atoms with van der Waals surface area (Å²) in [7, 11) is -4.23. The molecule has 0 atom stereocenters. The maximum Gasteiger partial charge on any atom is 0.418 e. The zero-order valence-corrected chi connectivity index (χ0v) is 15.1. The second-order valence-electron chi connectivity index (χ2n) is 5.91. The van der Waals surface area contributed by atoms with E-state index in [1.54, 1.807) is 0 Å². The average molecular weight is 395 g/mol. The molecule has 1 heterocycles. The quantitative estimate of drug-likeness (QED) is 0.709. The van der Waals surface area contributed by atoms with E-state index in [0.29, 0.717) is 6.54 Å². The minimum absolute atomic E-state index is 0.171. The van der Waals surface area contributed by atoms with Crippen LogP contribution in [0.4, 0.5) is 18.9 Å². The van der Waals surface area contributed by atoms with Crippen LogP contribution in [0.15, 0.2) is 65.7 Å². The van der Waals surface area contributed by atoms with Gasteiger partial charge in [-0.2, -0.15) is 18.3 Å². The van der Waals surface area contributed by atoms with E-state index in [1.165, 1.54) is 29.9 Å². The van der Waals surface area contributed by atoms with Crippen molar-refractivity contribution < 1.29 is 21.6 Å². The lowest BCUT2D eigenvalue weighted by Gasteiger charge is -2.14. The fraction of sp³-hybridized carbons (Fsp3) is 0.167. The van der Waals surface area contributed by atoms with Gasteiger partial charge < -0.3 is 0 Å². The Morgan fingerprint density at radius 3 is 2.33 bits per heavy atom. The number of nitrogens with one attached hydrogen (secondary N) is 1. The Kier molecular flexibility index (Phi) is 4.97. The standard InChI is InChI=1S/C18H16F3N3O2S/c1-13-17(12-24(22-13)11-14-7-3-2-4-8-14)27(25,26)23-16-10-6-5-9-15(16)18(19,20)21/h2-10,12,23H,11H2,1H3. The monoisotopic (exact) mass is 395 g/mol. The van der Waals surface area contributed by atoms with Gasteiger partial charge in [0.1, 0.15) is 4.90 Å². The molecule has 0 bridgehead atoms. The summed E-state index contributed by atoms with van der Waals surface area (Å²) < 4.78 is 68.0. The van der Waals surface area contributed by atoms with Crippen LogP contribution in [0.5, 0.6) is 0 Å². The minimum atomic E-state index is -4.67. The Hall–Kier alpha value is -2.81. The number of sulfonamides is 1. The van der Waals surface area contributed by atoms with Gasteiger partial charge in [-0.05, 0) is 24.6 Å². The topological polar surface area (TPSA) is 64.0 Å². The zero-order chi connectivity index (χ0) is 19.7. The van der Waals surface area contributed by atoms with Crippen LogP contribution in [0.2, 0.25) is 0 Å². The van der Waals surface area contributed by atoms with Crippen molar-refractivity contribution in [3.63, 3.8) is 0 Å². The highest BCUT2D eigenvalue weighted by atomic mass is 32.2. The van der Waals surface area contributed by atoms with E-state index in [4.69, 9.17) is 0 Å². The first-order valence-corrected chi connectivity index (χ1v) is 9.42. The summed E-state index contributed by atoms with van der Waals surface area (Å²) in [5.41, 5.74) is -0.467. The first kappa shape index (κ1) is 19.0. The highest BCUT2D eigenvalue weighted by molar-refractivity contribution is 7.92. The molecule has 0 saturated heterocycles. The fourth-order valence-electron chi connectivity index (χ4n) is 2.63. The maximum absolute atomic E-state index is 13.1. The third-order valence-electron chi connectivity index (χ3n) is 3.86. The summed E-state index contributed by atoms with van der Waals surface area (Å²) in [6.07, 6.45) is -3.37. The van der Waals surface area contributed by atoms with E-state index in [-0.39, 0.29) is 10.6 Å². The summed E-state index contributed by atoms with van der Waals surface area (Å²) in [6, 6.07) is 13.7. The van der Waals surface area contributed by atoms with Gasteiger partial charge in [0.05, 0.1) is 23.5 Å². The lowest BCUT2D eigenvalue weighted by atomic mass is 10.2. The van der Waals surface area contributed by atoms with Crippen LogP contribution in [-0.4, -0.2) is 18.2 Å². The fourth-order valence-corrected chi connectivity index (χ4v) is 3.90. The number of benzene rings is 2. The molecule has 3 rings (SSSR count). The van der Waals surface area contributed by atoms with Crippen LogP contribution in [0, 0.1) is 6.92 Å². The number of aromatic nitrogens is 2. The molecular weight excluding hydrogens is 379 g/mol. The normalized spacial score (nSPS) is 12.1. The van der Waals surface area contributed by atoms with E-state index in [1.807, 2.05) is 35.1 Å². The molecule has 9 heteroatoms. The highest BCUT2D eigenvalue weighted by Gasteiger charge is 2.34. The molecule has 27 heavy (non-hydrogen) atoms. The van der Waals surface area contributed by atoms with Gasteiger partial charge in [-0.1, -0.05) is 42.5 Å². The molecule has 142 valence electrons. The molecule has 1 aromatic heterocycles. The van der Waals surface area contributed by atoms with E-state index in [0.717, 1.165) is 17.7 Å². The molecule has 0 radical (unpaired) electrons. The molecule has 0 spiro atoms. The molecule has 0 aliphatic rings. The van der Waals surface area contributed by atoms with Crippen LogP contribution in [-0.2, 0) is 22.7 Å². The van der Waals surface area contributed by atoms with Crippen LogP contribution in [0.25, 0.3) is 0 Å². The Balaban J connectivity index is 1.91. The zero-order valence-electron chi connectivity index (χ0n) is 14.2. The summed E-state index contributed by atoms with van der Waals surface area (Å²) in [5, 5.41) is 4.16. The largest absolute Gasteiger partial charge is 0.418 e. The number of hydrogen-bond donors (Lipinski definition) is 1. The molecule has 0 fully saturated rings. The van der Waals surface area contributed by atoms with E-state index < -0.39 is 27.5 Å². The van der Waals surface area contributed by atoms with Crippen molar-refractivity contribution in [3.05, 3.63) is 77.6 Å². The van der Waals surface area contributed by atoms with Crippen molar-refractivity contribution in [2.45, 2.75) is 24.5 Å². The number of halogens is 3. The van der Waals surface area contributed by atoms with Crippen LogP contribution < -0.4 is 4.72 Å². The van der Waals surface area contributed by atoms with Gasteiger partial charge in [-0.3, -0.25) is 9.40 Å². The number of anilines is 1. The van der Waals surface area contributed by atoms with Gasteiger partial charge >= 0.3 is 6.18 Å². The molecule has 0 aliphatic heterocycles. The predicted octanol–water partition coefficient (Wildman–Crippen LogP) is 4.06. The summed E-state index contributed by atoms with van der Waals surface area (Å²) in [6.45, 7) is 1.84. The summed E-state index contributed by atoms with van der Waals surface area (Å²) in [5.74, 6) is 0.